The van der Waals surface area contributed by atoms with Crippen LogP contribution in [0.5, 0.6) is 0 Å². The van der Waals surface area contributed by atoms with E-state index in [0.29, 0.717) is 6.54 Å². The lowest BCUT2D eigenvalue weighted by atomic mass is 9.84. The number of aromatic amines is 1. The first-order valence-corrected chi connectivity index (χ1v) is 6.07. The fourth-order valence-electron chi connectivity index (χ4n) is 2.12. The van der Waals surface area contributed by atoms with Crippen molar-refractivity contribution in [1.82, 2.24) is 15.6 Å². The maximum absolute atomic E-state index is 11.3. The van der Waals surface area contributed by atoms with Gasteiger partial charge in [-0.15, -0.1) is 0 Å². The number of hydrogen-bond donors (Lipinski definition) is 3. The number of fused-ring (bicyclic) bond motifs is 1. The zero-order valence-corrected chi connectivity index (χ0v) is 11.0. The number of carbonyl (C=O) groups is 1. The Morgan fingerprint density at radius 1 is 1.33 bits per heavy atom. The van der Waals surface area contributed by atoms with E-state index in [0.717, 1.165) is 5.52 Å². The van der Waals surface area contributed by atoms with Crippen LogP contribution in [0.1, 0.15) is 19.4 Å². The molecule has 0 aliphatic rings. The molecule has 1 aromatic heterocycles. The third-order valence-electron chi connectivity index (χ3n) is 3.24. The summed E-state index contributed by atoms with van der Waals surface area (Å²) >= 11 is 0. The number of para-hydroxylation sites is 1. The molecule has 2 aromatic rings. The number of benzene rings is 1. The summed E-state index contributed by atoms with van der Waals surface area (Å²) in [6, 6.07) is 8.05. The highest BCUT2D eigenvalue weighted by atomic mass is 16.2. The predicted octanol–water partition coefficient (Wildman–Crippen LogP) is 2.37. The van der Waals surface area contributed by atoms with E-state index in [9.17, 15) is 4.79 Å². The molecule has 18 heavy (non-hydrogen) atoms. The Morgan fingerprint density at radius 3 is 2.78 bits per heavy atom. The zero-order chi connectivity index (χ0) is 13.2. The highest BCUT2D eigenvalue weighted by Crippen LogP contribution is 2.29. The fourth-order valence-corrected chi connectivity index (χ4v) is 2.12. The smallest absolute Gasteiger partial charge is 0.314 e. The number of hydrogen-bond acceptors (Lipinski definition) is 1. The number of nitrogens with one attached hydrogen (secondary N) is 3. The Kier molecular flexibility index (Phi) is 3.28. The second kappa shape index (κ2) is 4.72. The number of carbonyl (C=O) groups excluding carboxylic acids is 1. The van der Waals surface area contributed by atoms with E-state index in [1.54, 1.807) is 7.05 Å². The van der Waals surface area contributed by atoms with Gasteiger partial charge in [-0.2, -0.15) is 0 Å². The van der Waals surface area contributed by atoms with Gasteiger partial charge in [0.1, 0.15) is 0 Å². The minimum atomic E-state index is -0.150. The van der Waals surface area contributed by atoms with Crippen LogP contribution in [-0.2, 0) is 5.41 Å². The van der Waals surface area contributed by atoms with Crippen molar-refractivity contribution in [2.45, 2.75) is 19.3 Å². The molecule has 1 heterocycles. The molecule has 0 fully saturated rings. The Morgan fingerprint density at radius 2 is 2.06 bits per heavy atom. The van der Waals surface area contributed by atoms with Gasteiger partial charge in [0.15, 0.2) is 0 Å². The first kappa shape index (κ1) is 12.5. The van der Waals surface area contributed by atoms with Crippen LogP contribution in [0.15, 0.2) is 30.5 Å². The van der Waals surface area contributed by atoms with Crippen LogP contribution < -0.4 is 10.6 Å². The van der Waals surface area contributed by atoms with E-state index in [2.05, 4.69) is 41.6 Å². The molecule has 0 spiro atoms. The molecule has 0 atom stereocenters. The highest BCUT2D eigenvalue weighted by Gasteiger charge is 2.24. The summed E-state index contributed by atoms with van der Waals surface area (Å²) in [5, 5.41) is 6.63. The molecule has 4 heteroatoms. The summed E-state index contributed by atoms with van der Waals surface area (Å²) in [6.45, 7) is 4.84. The average molecular weight is 245 g/mol. The monoisotopic (exact) mass is 245 g/mol. The molecule has 0 saturated heterocycles. The Bertz CT molecular complexity index is 557. The predicted molar refractivity (Wildman–Crippen MR) is 73.8 cm³/mol. The molecule has 0 aliphatic carbocycles. The first-order valence-electron chi connectivity index (χ1n) is 6.07. The first-order chi connectivity index (χ1) is 8.54. The topological polar surface area (TPSA) is 56.9 Å². The summed E-state index contributed by atoms with van der Waals surface area (Å²) in [7, 11) is 1.62. The van der Waals surface area contributed by atoms with Gasteiger partial charge in [0.25, 0.3) is 0 Å². The zero-order valence-electron chi connectivity index (χ0n) is 11.0. The Labute approximate surface area is 107 Å². The summed E-state index contributed by atoms with van der Waals surface area (Å²) in [4.78, 5) is 14.5. The molecule has 2 amide bonds. The number of rotatable bonds is 3. The quantitative estimate of drug-likeness (QED) is 0.764. The standard InChI is InChI=1S/C14H19N3O/c1-14(2,9-17-13(18)15-3)11-8-16-12-7-5-4-6-10(11)12/h4-8,16H,9H2,1-3H3,(H2,15,17,18). The van der Waals surface area contributed by atoms with Gasteiger partial charge in [-0.25, -0.2) is 4.79 Å². The van der Waals surface area contributed by atoms with Gasteiger partial charge in [-0.1, -0.05) is 32.0 Å². The second-order valence-electron chi connectivity index (χ2n) is 5.06. The van der Waals surface area contributed by atoms with E-state index in [4.69, 9.17) is 0 Å². The third-order valence-corrected chi connectivity index (χ3v) is 3.24. The van der Waals surface area contributed by atoms with Crippen LogP contribution in [0.2, 0.25) is 0 Å². The molecule has 0 aliphatic heterocycles. The van der Waals surface area contributed by atoms with Crippen molar-refractivity contribution in [2.75, 3.05) is 13.6 Å². The second-order valence-corrected chi connectivity index (χ2v) is 5.06. The van der Waals surface area contributed by atoms with Gasteiger partial charge in [0.2, 0.25) is 0 Å². The maximum atomic E-state index is 11.3. The number of H-pyrrole nitrogens is 1. The minimum absolute atomic E-state index is 0.119. The molecule has 0 bridgehead atoms. The molecule has 0 radical (unpaired) electrons. The largest absolute Gasteiger partial charge is 0.361 e. The third kappa shape index (κ3) is 2.32. The molecule has 0 unspecified atom stereocenters. The SMILES string of the molecule is CNC(=O)NCC(C)(C)c1c[nH]c2ccccc12. The molecule has 4 nitrogen and oxygen atoms in total. The molecule has 96 valence electrons. The van der Waals surface area contributed by atoms with Crippen molar-refractivity contribution >= 4 is 16.9 Å². The van der Waals surface area contributed by atoms with Crippen LogP contribution in [0, 0.1) is 0 Å². The van der Waals surface area contributed by atoms with Gasteiger partial charge in [0, 0.05) is 36.1 Å². The molecular formula is C14H19N3O. The maximum Gasteiger partial charge on any atom is 0.314 e. The molecule has 1 aromatic carbocycles. The van der Waals surface area contributed by atoms with Crippen LogP contribution in [0.25, 0.3) is 10.9 Å². The highest BCUT2D eigenvalue weighted by molar-refractivity contribution is 5.84. The molecule has 2 rings (SSSR count). The van der Waals surface area contributed by atoms with Crippen molar-refractivity contribution in [3.8, 4) is 0 Å². The van der Waals surface area contributed by atoms with Gasteiger partial charge in [-0.3, -0.25) is 0 Å². The Balaban J connectivity index is 2.26. The lowest BCUT2D eigenvalue weighted by Crippen LogP contribution is -2.40. The van der Waals surface area contributed by atoms with E-state index in [-0.39, 0.29) is 11.4 Å². The normalized spacial score (nSPS) is 11.5. The molecular weight excluding hydrogens is 226 g/mol. The summed E-state index contributed by atoms with van der Waals surface area (Å²) < 4.78 is 0. The lowest BCUT2D eigenvalue weighted by molar-refractivity contribution is 0.240. The van der Waals surface area contributed by atoms with Crippen LogP contribution in [-0.4, -0.2) is 24.6 Å². The van der Waals surface area contributed by atoms with Crippen LogP contribution in [0.4, 0.5) is 4.79 Å². The fraction of sp³-hybridized carbons (Fsp3) is 0.357. The summed E-state index contributed by atoms with van der Waals surface area (Å²) in [5.74, 6) is 0. The van der Waals surface area contributed by atoms with Crippen molar-refractivity contribution in [1.29, 1.82) is 0 Å². The van der Waals surface area contributed by atoms with Gasteiger partial charge < -0.3 is 15.6 Å². The summed E-state index contributed by atoms with van der Waals surface area (Å²) in [5.41, 5.74) is 2.22. The van der Waals surface area contributed by atoms with E-state index >= 15 is 0 Å². The molecule has 3 N–H and O–H groups in total. The van der Waals surface area contributed by atoms with E-state index < -0.39 is 0 Å². The van der Waals surface area contributed by atoms with Crippen molar-refractivity contribution in [3.05, 3.63) is 36.0 Å². The van der Waals surface area contributed by atoms with Crippen molar-refractivity contribution in [2.24, 2.45) is 0 Å². The van der Waals surface area contributed by atoms with Gasteiger partial charge in [-0.05, 0) is 11.6 Å². The van der Waals surface area contributed by atoms with Gasteiger partial charge >= 0.3 is 6.03 Å². The van der Waals surface area contributed by atoms with Crippen molar-refractivity contribution < 1.29 is 4.79 Å². The van der Waals surface area contributed by atoms with Crippen molar-refractivity contribution in [3.63, 3.8) is 0 Å². The summed E-state index contributed by atoms with van der Waals surface area (Å²) in [6.07, 6.45) is 2.02. The van der Waals surface area contributed by atoms with E-state index in [1.807, 2.05) is 18.3 Å². The minimum Gasteiger partial charge on any atom is -0.361 e. The molecule has 0 saturated carbocycles. The van der Waals surface area contributed by atoms with E-state index in [1.165, 1.54) is 10.9 Å². The van der Waals surface area contributed by atoms with Crippen LogP contribution in [0.3, 0.4) is 0 Å². The van der Waals surface area contributed by atoms with Gasteiger partial charge in [0.05, 0.1) is 0 Å². The number of aromatic nitrogens is 1. The number of urea groups is 1. The van der Waals surface area contributed by atoms with Crippen LogP contribution >= 0.6 is 0 Å². The lowest BCUT2D eigenvalue weighted by Gasteiger charge is -2.24. The number of amides is 2. The average Bonchev–Trinajstić information content (AvgIpc) is 2.80. The Hall–Kier alpha value is -1.97.